The van der Waals surface area contributed by atoms with E-state index in [4.69, 9.17) is 6.42 Å². The Morgan fingerprint density at radius 1 is 1.11 bits per heavy atom. The molecule has 0 spiro atoms. The Morgan fingerprint density at radius 2 is 1.77 bits per heavy atom. The molecule has 2 atom stereocenters. The van der Waals surface area contributed by atoms with Gasteiger partial charge in [-0.3, -0.25) is 14.5 Å². The quantitative estimate of drug-likeness (QED) is 0.515. The summed E-state index contributed by atoms with van der Waals surface area (Å²) in [6, 6.07) is 13.6. The average molecular weight is 499 g/mol. The van der Waals surface area contributed by atoms with Gasteiger partial charge in [-0.05, 0) is 43.0 Å². The Hall–Kier alpha value is -2.93. The Balaban J connectivity index is 1.66. The van der Waals surface area contributed by atoms with E-state index in [0.717, 1.165) is 6.26 Å². The molecule has 0 saturated carbocycles. The summed E-state index contributed by atoms with van der Waals surface area (Å²) in [6.45, 7) is 4.96. The van der Waals surface area contributed by atoms with Gasteiger partial charge in [0, 0.05) is 25.2 Å². The second-order valence-corrected chi connectivity index (χ2v) is 10.9. The average Bonchev–Trinajstić information content (AvgIpc) is 2.84. The molecule has 0 aliphatic carbocycles. The zero-order valence-electron chi connectivity index (χ0n) is 20.5. The maximum absolute atomic E-state index is 12.7. The largest absolute Gasteiger partial charge is 0.346 e. The van der Waals surface area contributed by atoms with Crippen molar-refractivity contribution in [2.24, 2.45) is 0 Å². The van der Waals surface area contributed by atoms with Gasteiger partial charge in [0.25, 0.3) is 0 Å². The van der Waals surface area contributed by atoms with Gasteiger partial charge in [0.1, 0.15) is 6.04 Å². The normalized spacial score (nSPS) is 17.0. The number of carbonyl (C=O) groups is 2. The van der Waals surface area contributed by atoms with Gasteiger partial charge in [-0.25, -0.2) is 8.42 Å². The molecule has 0 radical (unpaired) electrons. The predicted octanol–water partition coefficient (Wildman–Crippen LogP) is 1.88. The molecule has 2 N–H and O–H groups in total. The number of piperidine rings is 1. The van der Waals surface area contributed by atoms with Crippen LogP contribution in [-0.2, 0) is 19.6 Å². The van der Waals surface area contributed by atoms with Crippen molar-refractivity contribution in [3.8, 4) is 12.3 Å². The maximum Gasteiger partial charge on any atom is 0.240 e. The molecule has 3 rings (SSSR count). The predicted molar refractivity (Wildman–Crippen MR) is 138 cm³/mol. The van der Waals surface area contributed by atoms with E-state index < -0.39 is 27.9 Å². The van der Waals surface area contributed by atoms with Crippen LogP contribution in [0.5, 0.6) is 0 Å². The molecule has 1 aliphatic heterocycles. The molecule has 1 saturated heterocycles. The number of carbonyl (C=O) groups excluding carboxylic acids is 2. The molecular weight excluding hydrogens is 464 g/mol. The first kappa shape index (κ1) is 26.7. The summed E-state index contributed by atoms with van der Waals surface area (Å²) < 4.78 is 26.6. The molecule has 0 aromatic heterocycles. The number of hydrogen-bond acceptors (Lipinski definition) is 5. The van der Waals surface area contributed by atoms with Crippen molar-refractivity contribution in [3.63, 3.8) is 0 Å². The monoisotopic (exact) mass is 498 g/mol. The third-order valence-corrected chi connectivity index (χ3v) is 8.02. The summed E-state index contributed by atoms with van der Waals surface area (Å²) in [5.74, 6) is 1.34. The third kappa shape index (κ3) is 6.60. The van der Waals surface area contributed by atoms with Gasteiger partial charge in [0.15, 0.2) is 0 Å². The number of benzene rings is 2. The number of sulfonamides is 1. The van der Waals surface area contributed by atoms with Gasteiger partial charge >= 0.3 is 0 Å². The number of hydrogen-bond donors (Lipinski definition) is 2. The first-order valence-electron chi connectivity index (χ1n) is 11.8. The zero-order chi connectivity index (χ0) is 25.6. The van der Waals surface area contributed by atoms with Crippen LogP contribution in [0, 0.1) is 12.3 Å². The maximum atomic E-state index is 12.7. The summed E-state index contributed by atoms with van der Waals surface area (Å²) in [5.41, 5.74) is 1.25. The van der Waals surface area contributed by atoms with Crippen LogP contribution in [0.25, 0.3) is 10.8 Å². The van der Waals surface area contributed by atoms with E-state index in [1.165, 1.54) is 20.6 Å². The summed E-state index contributed by atoms with van der Waals surface area (Å²) in [7, 11) is -3.65. The lowest BCUT2D eigenvalue weighted by atomic mass is 9.96. The van der Waals surface area contributed by atoms with Crippen molar-refractivity contribution in [1.82, 2.24) is 19.8 Å². The highest BCUT2D eigenvalue weighted by Gasteiger charge is 2.37. The smallest absolute Gasteiger partial charge is 0.240 e. The van der Waals surface area contributed by atoms with Crippen molar-refractivity contribution < 1.29 is 18.0 Å². The van der Waals surface area contributed by atoms with Crippen LogP contribution in [0.15, 0.2) is 42.5 Å². The van der Waals surface area contributed by atoms with Gasteiger partial charge < -0.3 is 10.6 Å². The minimum atomic E-state index is -3.65. The van der Waals surface area contributed by atoms with Crippen molar-refractivity contribution >= 4 is 32.6 Å². The highest BCUT2D eigenvalue weighted by molar-refractivity contribution is 7.88. The zero-order valence-corrected chi connectivity index (χ0v) is 21.3. The molecule has 188 valence electrons. The van der Waals surface area contributed by atoms with E-state index >= 15 is 0 Å². The molecule has 2 amide bonds. The first-order valence-corrected chi connectivity index (χ1v) is 13.7. The summed E-state index contributed by atoms with van der Waals surface area (Å²) in [6.07, 6.45) is 7.46. The molecule has 8 nitrogen and oxygen atoms in total. The van der Waals surface area contributed by atoms with Crippen LogP contribution in [0.2, 0.25) is 0 Å². The molecule has 0 unspecified atom stereocenters. The molecule has 35 heavy (non-hydrogen) atoms. The highest BCUT2D eigenvalue weighted by atomic mass is 32.2. The molecular formula is C26H34N4O4S. The number of amides is 2. The number of nitrogens with zero attached hydrogens (tertiary/aromatic N) is 2. The fourth-order valence-electron chi connectivity index (χ4n) is 4.86. The highest BCUT2D eigenvalue weighted by Crippen LogP contribution is 2.31. The summed E-state index contributed by atoms with van der Waals surface area (Å²) >= 11 is 0. The minimum Gasteiger partial charge on any atom is -0.346 e. The van der Waals surface area contributed by atoms with E-state index in [0.29, 0.717) is 25.9 Å². The third-order valence-electron chi connectivity index (χ3n) is 6.64. The van der Waals surface area contributed by atoms with E-state index in [1.807, 2.05) is 12.1 Å². The first-order chi connectivity index (χ1) is 16.6. The van der Waals surface area contributed by atoms with Crippen molar-refractivity contribution in [2.45, 2.75) is 44.8 Å². The summed E-state index contributed by atoms with van der Waals surface area (Å²) in [4.78, 5) is 26.8. The van der Waals surface area contributed by atoms with Crippen molar-refractivity contribution in [3.05, 3.63) is 48.0 Å². The topological polar surface area (TPSA) is 98.8 Å². The van der Waals surface area contributed by atoms with E-state index in [9.17, 15) is 18.0 Å². The molecule has 1 fully saturated rings. The van der Waals surface area contributed by atoms with Crippen LogP contribution in [-0.4, -0.2) is 74.0 Å². The van der Waals surface area contributed by atoms with E-state index in [2.05, 4.69) is 58.7 Å². The number of nitrogens with one attached hydrogen (secondary N) is 2. The fourth-order valence-corrected chi connectivity index (χ4v) is 6.28. The Labute approximate surface area is 208 Å². The lowest BCUT2D eigenvalue weighted by Gasteiger charge is -2.41. The minimum absolute atomic E-state index is 0.0650. The Kier molecular flexibility index (Phi) is 8.89. The molecule has 2 aromatic carbocycles. The SMILES string of the molecule is C#CCNC(=O)CNC(=O)[C@@H](C)N(C1CCN([C@H](C)c2cccc3ccccc23)CC1)S(C)(=O)=O. The van der Waals surface area contributed by atoms with E-state index in [1.54, 1.807) is 6.92 Å². The fraction of sp³-hybridized carbons (Fsp3) is 0.462. The van der Waals surface area contributed by atoms with Gasteiger partial charge in [-0.15, -0.1) is 6.42 Å². The van der Waals surface area contributed by atoms with Crippen LogP contribution in [0.1, 0.15) is 38.3 Å². The second-order valence-electron chi connectivity index (χ2n) is 8.98. The van der Waals surface area contributed by atoms with Crippen LogP contribution in [0.4, 0.5) is 0 Å². The van der Waals surface area contributed by atoms with Crippen LogP contribution < -0.4 is 10.6 Å². The number of likely N-dealkylation sites (tertiary alicyclic amines) is 1. The molecule has 1 heterocycles. The molecule has 1 aliphatic rings. The Morgan fingerprint density at radius 3 is 2.43 bits per heavy atom. The standard InChI is InChI=1S/C26H34N4O4S/c1-5-15-27-25(31)18-28-26(32)20(3)30(35(4,33)34)22-13-16-29(17-14-22)19(2)23-12-8-10-21-9-6-7-11-24(21)23/h1,6-12,19-20,22H,13-18H2,2-4H3,(H,27,31)(H,28,32)/t19-,20-/m1/s1. The van der Waals surface area contributed by atoms with Gasteiger partial charge in [0.05, 0.1) is 19.3 Å². The second kappa shape index (κ2) is 11.7. The number of terminal acetylenes is 1. The molecule has 9 heteroatoms. The molecule has 2 aromatic rings. The lowest BCUT2D eigenvalue weighted by Crippen LogP contribution is -2.55. The van der Waals surface area contributed by atoms with Gasteiger partial charge in [0.2, 0.25) is 21.8 Å². The van der Waals surface area contributed by atoms with Gasteiger partial charge in [-0.1, -0.05) is 48.4 Å². The summed E-state index contributed by atoms with van der Waals surface area (Å²) in [5, 5.41) is 7.39. The Bertz CT molecular complexity index is 1190. The van der Waals surface area contributed by atoms with Crippen LogP contribution >= 0.6 is 0 Å². The lowest BCUT2D eigenvalue weighted by molar-refractivity contribution is -0.128. The van der Waals surface area contributed by atoms with E-state index in [-0.39, 0.29) is 25.2 Å². The van der Waals surface area contributed by atoms with Crippen molar-refractivity contribution in [1.29, 1.82) is 0 Å². The van der Waals surface area contributed by atoms with Gasteiger partial charge in [-0.2, -0.15) is 4.31 Å². The molecule has 0 bridgehead atoms. The van der Waals surface area contributed by atoms with Crippen molar-refractivity contribution in [2.75, 3.05) is 32.4 Å². The van der Waals surface area contributed by atoms with Crippen LogP contribution in [0.3, 0.4) is 0 Å². The number of rotatable bonds is 9. The number of fused-ring (bicyclic) bond motifs is 1.